The Bertz CT molecular complexity index is 841. The largest absolute Gasteiger partial charge is 0.490 e. The van der Waals surface area contributed by atoms with E-state index < -0.39 is 0 Å². The molecule has 1 fully saturated rings. The lowest BCUT2D eigenvalue weighted by Gasteiger charge is -2.32. The number of carbonyl (C=O) groups excluding carboxylic acids is 1. The van der Waals surface area contributed by atoms with E-state index in [1.54, 1.807) is 0 Å². The summed E-state index contributed by atoms with van der Waals surface area (Å²) in [5.41, 5.74) is 3.26. The Labute approximate surface area is 159 Å². The number of H-pyrrole nitrogens is 1. The van der Waals surface area contributed by atoms with E-state index in [0.29, 0.717) is 18.5 Å². The van der Waals surface area contributed by atoms with Crippen LogP contribution in [0.2, 0.25) is 0 Å². The Balaban J connectivity index is 1.50. The molecule has 0 saturated carbocycles. The first-order valence-corrected chi connectivity index (χ1v) is 9.50. The zero-order valence-corrected chi connectivity index (χ0v) is 16.2. The van der Waals surface area contributed by atoms with Gasteiger partial charge in [-0.1, -0.05) is 18.2 Å². The average molecular weight is 369 g/mol. The maximum atomic E-state index is 12.6. The molecule has 0 atom stereocenters. The number of nitrogens with zero attached hydrogens (tertiary/aromatic N) is 2. The third kappa shape index (κ3) is 4.76. The summed E-state index contributed by atoms with van der Waals surface area (Å²) in [7, 11) is 0. The van der Waals surface area contributed by atoms with E-state index in [4.69, 9.17) is 4.74 Å². The van der Waals surface area contributed by atoms with Crippen LogP contribution in [-0.4, -0.2) is 40.0 Å². The van der Waals surface area contributed by atoms with Crippen molar-refractivity contribution in [1.29, 1.82) is 0 Å². The normalized spacial score (nSPS) is 15.0. The lowest BCUT2D eigenvalue weighted by Crippen LogP contribution is -2.42. The van der Waals surface area contributed by atoms with E-state index in [9.17, 15) is 9.59 Å². The highest BCUT2D eigenvalue weighted by Crippen LogP contribution is 2.22. The van der Waals surface area contributed by atoms with Gasteiger partial charge in [0.25, 0.3) is 0 Å². The van der Waals surface area contributed by atoms with E-state index in [1.807, 2.05) is 49.9 Å². The molecular formula is C21H27N3O3. The maximum absolute atomic E-state index is 12.6. The number of nitrogens with one attached hydrogen (secondary N) is 1. The Morgan fingerprint density at radius 1 is 1.22 bits per heavy atom. The van der Waals surface area contributed by atoms with E-state index >= 15 is 0 Å². The predicted molar refractivity (Wildman–Crippen MR) is 104 cm³/mol. The quantitative estimate of drug-likeness (QED) is 0.879. The molecular weight excluding hydrogens is 342 g/mol. The molecule has 0 radical (unpaired) electrons. The summed E-state index contributed by atoms with van der Waals surface area (Å²) in [5.74, 6) is 1.08. The van der Waals surface area contributed by atoms with Gasteiger partial charge in [0.15, 0.2) is 0 Å². The van der Waals surface area contributed by atoms with Crippen LogP contribution in [0, 0.1) is 20.8 Å². The number of piperidine rings is 1. The molecule has 2 heterocycles. The second kappa shape index (κ2) is 8.37. The minimum Gasteiger partial charge on any atom is -0.490 e. The first-order chi connectivity index (χ1) is 12.9. The molecule has 0 unspecified atom stereocenters. The van der Waals surface area contributed by atoms with Crippen molar-refractivity contribution >= 4 is 5.91 Å². The van der Waals surface area contributed by atoms with Crippen LogP contribution in [-0.2, 0) is 11.2 Å². The van der Waals surface area contributed by atoms with Crippen molar-refractivity contribution in [3.63, 3.8) is 0 Å². The molecule has 1 aromatic carbocycles. The number of amides is 1. The predicted octanol–water partition coefficient (Wildman–Crippen LogP) is 2.70. The summed E-state index contributed by atoms with van der Waals surface area (Å²) in [4.78, 5) is 32.5. The molecule has 6 nitrogen and oxygen atoms in total. The molecule has 0 aliphatic carbocycles. The number of aromatic amines is 1. The molecule has 27 heavy (non-hydrogen) atoms. The van der Waals surface area contributed by atoms with Crippen LogP contribution >= 0.6 is 0 Å². The van der Waals surface area contributed by atoms with Crippen molar-refractivity contribution < 1.29 is 9.53 Å². The van der Waals surface area contributed by atoms with Gasteiger partial charge in [0.1, 0.15) is 11.9 Å². The Kier molecular flexibility index (Phi) is 5.94. The number of ether oxygens (including phenoxy) is 1. The van der Waals surface area contributed by atoms with Gasteiger partial charge >= 0.3 is 5.69 Å². The van der Waals surface area contributed by atoms with Crippen LogP contribution in [0.1, 0.15) is 41.8 Å². The van der Waals surface area contributed by atoms with Gasteiger partial charge in [-0.2, -0.15) is 4.98 Å². The molecule has 1 aliphatic rings. The van der Waals surface area contributed by atoms with E-state index in [0.717, 1.165) is 48.5 Å². The zero-order chi connectivity index (χ0) is 19.4. The monoisotopic (exact) mass is 369 g/mol. The number of hydrogen-bond donors (Lipinski definition) is 1. The number of aromatic nitrogens is 2. The molecule has 1 amide bonds. The van der Waals surface area contributed by atoms with Gasteiger partial charge in [0.2, 0.25) is 5.91 Å². The highest BCUT2D eigenvalue weighted by atomic mass is 16.5. The number of carbonyl (C=O) groups is 1. The summed E-state index contributed by atoms with van der Waals surface area (Å²) in [5, 5.41) is 0. The zero-order valence-electron chi connectivity index (χ0n) is 16.2. The second-order valence-corrected chi connectivity index (χ2v) is 7.19. The number of benzene rings is 1. The van der Waals surface area contributed by atoms with Crippen molar-refractivity contribution in [1.82, 2.24) is 14.9 Å². The van der Waals surface area contributed by atoms with E-state index in [2.05, 4.69) is 9.97 Å². The van der Waals surface area contributed by atoms with Crippen LogP contribution in [0.15, 0.2) is 29.1 Å². The summed E-state index contributed by atoms with van der Waals surface area (Å²) in [6.07, 6.45) is 2.87. The van der Waals surface area contributed by atoms with Crippen LogP contribution in [0.4, 0.5) is 0 Å². The van der Waals surface area contributed by atoms with Gasteiger partial charge in [0.05, 0.1) is 0 Å². The van der Waals surface area contributed by atoms with Crippen LogP contribution in [0.5, 0.6) is 5.75 Å². The third-order valence-electron chi connectivity index (χ3n) is 5.22. The highest BCUT2D eigenvalue weighted by molar-refractivity contribution is 5.76. The van der Waals surface area contributed by atoms with Gasteiger partial charge in [0, 0.05) is 43.7 Å². The van der Waals surface area contributed by atoms with Gasteiger partial charge in [-0.25, -0.2) is 4.79 Å². The molecule has 6 heteroatoms. The standard InChI is InChI=1S/C21H27N3O3/c1-14-6-4-5-7-19(14)27-17-10-12-24(13-11-17)20(25)9-8-18-15(2)22-21(26)23-16(18)3/h4-7,17H,8-13H2,1-3H3,(H,22,23,26). The average Bonchev–Trinajstić information content (AvgIpc) is 2.63. The van der Waals surface area contributed by atoms with Crippen LogP contribution < -0.4 is 10.4 Å². The van der Waals surface area contributed by atoms with E-state index in [1.165, 1.54) is 0 Å². The molecule has 1 aromatic heterocycles. The van der Waals surface area contributed by atoms with Gasteiger partial charge in [-0.05, 0) is 44.4 Å². The Morgan fingerprint density at radius 3 is 2.59 bits per heavy atom. The van der Waals surface area contributed by atoms with Gasteiger partial charge < -0.3 is 14.6 Å². The Hall–Kier alpha value is -2.63. The molecule has 1 N–H and O–H groups in total. The Morgan fingerprint density at radius 2 is 1.93 bits per heavy atom. The molecule has 2 aromatic rings. The number of aryl methyl sites for hydroxylation is 3. The fraction of sp³-hybridized carbons (Fsp3) is 0.476. The third-order valence-corrected chi connectivity index (χ3v) is 5.22. The number of rotatable bonds is 5. The van der Waals surface area contributed by atoms with Crippen molar-refractivity contribution in [2.45, 2.75) is 52.6 Å². The van der Waals surface area contributed by atoms with Crippen molar-refractivity contribution in [2.24, 2.45) is 0 Å². The van der Waals surface area contributed by atoms with Crippen molar-refractivity contribution in [3.8, 4) is 5.75 Å². The second-order valence-electron chi connectivity index (χ2n) is 7.19. The van der Waals surface area contributed by atoms with Crippen molar-refractivity contribution in [3.05, 3.63) is 57.3 Å². The SMILES string of the molecule is Cc1ccccc1OC1CCN(C(=O)CCc2c(C)nc(=O)[nH]c2C)CC1. The van der Waals surface area contributed by atoms with Crippen molar-refractivity contribution in [2.75, 3.05) is 13.1 Å². The number of likely N-dealkylation sites (tertiary alicyclic amines) is 1. The lowest BCUT2D eigenvalue weighted by atomic mass is 10.0. The molecule has 3 rings (SSSR count). The van der Waals surface area contributed by atoms with Gasteiger partial charge in [-0.15, -0.1) is 0 Å². The molecule has 1 saturated heterocycles. The molecule has 0 spiro atoms. The minimum absolute atomic E-state index is 0.148. The van der Waals surface area contributed by atoms with Crippen LogP contribution in [0.3, 0.4) is 0 Å². The van der Waals surface area contributed by atoms with Crippen LogP contribution in [0.25, 0.3) is 0 Å². The number of hydrogen-bond acceptors (Lipinski definition) is 4. The highest BCUT2D eigenvalue weighted by Gasteiger charge is 2.24. The smallest absolute Gasteiger partial charge is 0.345 e. The summed E-state index contributed by atoms with van der Waals surface area (Å²) >= 11 is 0. The number of para-hydroxylation sites is 1. The van der Waals surface area contributed by atoms with E-state index in [-0.39, 0.29) is 17.7 Å². The fourth-order valence-electron chi connectivity index (χ4n) is 3.60. The molecule has 144 valence electrons. The first-order valence-electron chi connectivity index (χ1n) is 9.50. The van der Waals surface area contributed by atoms with Gasteiger partial charge in [-0.3, -0.25) is 4.79 Å². The minimum atomic E-state index is -0.337. The summed E-state index contributed by atoms with van der Waals surface area (Å²) < 4.78 is 6.11. The fourth-order valence-corrected chi connectivity index (χ4v) is 3.60. The lowest BCUT2D eigenvalue weighted by molar-refractivity contribution is -0.132. The molecule has 1 aliphatic heterocycles. The molecule has 0 bridgehead atoms. The topological polar surface area (TPSA) is 75.3 Å². The first kappa shape index (κ1) is 19.1. The summed E-state index contributed by atoms with van der Waals surface area (Å²) in [6, 6.07) is 8.03. The maximum Gasteiger partial charge on any atom is 0.345 e. The summed E-state index contributed by atoms with van der Waals surface area (Å²) in [6.45, 7) is 7.15.